The first-order valence-corrected chi connectivity index (χ1v) is 30.0. The van der Waals surface area contributed by atoms with Gasteiger partial charge in [0.05, 0.1) is 0 Å². The second-order valence-corrected chi connectivity index (χ2v) is 34.0. The van der Waals surface area contributed by atoms with E-state index in [1.54, 1.807) is 0 Å². The van der Waals surface area contributed by atoms with E-state index in [2.05, 4.69) is 93.6 Å². The zero-order valence-corrected chi connectivity index (χ0v) is 33.0. The molecule has 0 unspecified atom stereocenters. The third kappa shape index (κ3) is 4.69. The van der Waals surface area contributed by atoms with E-state index < -0.39 is 39.5 Å². The van der Waals surface area contributed by atoms with Crippen molar-refractivity contribution in [1.82, 2.24) is 0 Å². The van der Waals surface area contributed by atoms with Crippen molar-refractivity contribution in [2.75, 3.05) is 0 Å². The fourth-order valence-electron chi connectivity index (χ4n) is 8.12. The Balaban J connectivity index is 1.65. The average Bonchev–Trinajstić information content (AvgIpc) is 3.62. The van der Waals surface area contributed by atoms with Gasteiger partial charge in [-0.05, 0) is 0 Å². The molecule has 0 saturated carbocycles. The Kier molecular flexibility index (Phi) is 7.87. The van der Waals surface area contributed by atoms with Crippen LogP contribution in [-0.4, -0.2) is 44.6 Å². The van der Waals surface area contributed by atoms with Crippen LogP contribution in [0.2, 0.25) is 19.3 Å². The molecule has 2 aromatic carbocycles. The van der Waals surface area contributed by atoms with E-state index in [9.17, 15) is 5.11 Å². The van der Waals surface area contributed by atoms with Gasteiger partial charge in [0.1, 0.15) is 0 Å². The molecule has 1 N–H and O–H groups in total. The van der Waals surface area contributed by atoms with E-state index in [-0.39, 0.29) is 17.4 Å². The zero-order valence-electron chi connectivity index (χ0n) is 27.3. The molecular formula is C37H48O3Sn2. The number of benzene rings is 2. The first-order valence-electron chi connectivity index (χ1n) is 16.0. The number of rotatable bonds is 9. The number of hydrogen-bond donors (Lipinski definition) is 1. The minimum absolute atomic E-state index is 0.0142. The second kappa shape index (κ2) is 10.7. The van der Waals surface area contributed by atoms with Gasteiger partial charge in [0.25, 0.3) is 0 Å². The standard InChI is InChI=1S/C32H34O3.C2H5.3CH3.2Sn/c1-17(2)14-32(15-18(3)4)26-12-20-11-23-28(31(6,7)25-8-9-34-29(23)25)24(16-33)21(20)13-22(26)30-27(32)10-19(5)35-30;1-2;;;;;/h8,10-13,17-18,33H,5,14-16H2,1-4,6-7H3;1H2,2H3;3*1H3;;. The molecule has 2 heterocycles. The molecule has 5 heteroatoms. The molecular weight excluding hydrogens is 730 g/mol. The van der Waals surface area contributed by atoms with Gasteiger partial charge >= 0.3 is 269 Å². The molecule has 42 heavy (non-hydrogen) atoms. The SMILES string of the molecule is C[CH2][Sn][CH2]c1cc2c(o1)-c1cc3c(CO)c4c(cc3cc1C2(CC(C)C)CC(C)C)-c1o[c]([Sn]([CH3])([CH3])[CH3])cc1C4(C)C. The molecule has 0 spiro atoms. The van der Waals surface area contributed by atoms with Crippen LogP contribution in [0.1, 0.15) is 94.9 Å². The van der Waals surface area contributed by atoms with E-state index in [0.717, 1.165) is 39.7 Å². The van der Waals surface area contributed by atoms with Crippen LogP contribution in [0.5, 0.6) is 0 Å². The number of aliphatic hydroxyl groups excluding tert-OH is 1. The second-order valence-electron chi connectivity index (χ2n) is 15.3. The van der Waals surface area contributed by atoms with Crippen LogP contribution in [0.3, 0.4) is 0 Å². The Morgan fingerprint density at radius 3 is 2.10 bits per heavy atom. The molecule has 2 aromatic heterocycles. The molecule has 222 valence electrons. The average molecular weight is 778 g/mol. The molecule has 0 saturated heterocycles. The number of aliphatic hydroxyl groups is 1. The van der Waals surface area contributed by atoms with Gasteiger partial charge in [-0.3, -0.25) is 0 Å². The quantitative estimate of drug-likeness (QED) is 0.173. The van der Waals surface area contributed by atoms with Crippen LogP contribution < -0.4 is 3.78 Å². The molecule has 2 aliphatic rings. The van der Waals surface area contributed by atoms with Crippen LogP contribution in [0.4, 0.5) is 0 Å². The van der Waals surface area contributed by atoms with Crippen LogP contribution in [0.15, 0.2) is 39.2 Å². The summed E-state index contributed by atoms with van der Waals surface area (Å²) in [7, 11) is 0. The van der Waals surface area contributed by atoms with Crippen molar-refractivity contribution in [3.63, 3.8) is 0 Å². The molecule has 6 rings (SSSR count). The topological polar surface area (TPSA) is 46.5 Å². The summed E-state index contributed by atoms with van der Waals surface area (Å²) in [6, 6.07) is 12.0. The van der Waals surface area contributed by atoms with Gasteiger partial charge < -0.3 is 0 Å². The van der Waals surface area contributed by atoms with Gasteiger partial charge in [-0.2, -0.15) is 0 Å². The van der Waals surface area contributed by atoms with Crippen molar-refractivity contribution in [2.45, 2.75) is 102 Å². The molecule has 0 bridgehead atoms. The van der Waals surface area contributed by atoms with Crippen LogP contribution in [0, 0.1) is 11.8 Å². The minimum atomic E-state index is -2.41. The van der Waals surface area contributed by atoms with E-state index in [1.807, 2.05) is 0 Å². The summed E-state index contributed by atoms with van der Waals surface area (Å²) in [6.07, 6.45) is 2.22. The van der Waals surface area contributed by atoms with Gasteiger partial charge in [-0.1, -0.05) is 0 Å². The third-order valence-corrected chi connectivity index (χ3v) is 17.7. The molecule has 2 radical (unpaired) electrons. The van der Waals surface area contributed by atoms with Crippen molar-refractivity contribution in [2.24, 2.45) is 11.8 Å². The fraction of sp³-hybridized carbons (Fsp3) is 0.514. The van der Waals surface area contributed by atoms with Crippen molar-refractivity contribution < 1.29 is 13.9 Å². The Morgan fingerprint density at radius 2 is 1.50 bits per heavy atom. The number of hydrogen-bond acceptors (Lipinski definition) is 3. The first-order chi connectivity index (χ1) is 19.7. The predicted molar refractivity (Wildman–Crippen MR) is 180 cm³/mol. The Labute approximate surface area is 266 Å². The van der Waals surface area contributed by atoms with Crippen molar-refractivity contribution in [3.8, 4) is 22.6 Å². The Bertz CT molecular complexity index is 1670. The van der Waals surface area contributed by atoms with E-state index >= 15 is 0 Å². The van der Waals surface area contributed by atoms with Crippen LogP contribution in [-0.2, 0) is 21.9 Å². The van der Waals surface area contributed by atoms with Gasteiger partial charge in [-0.25, -0.2) is 0 Å². The van der Waals surface area contributed by atoms with Gasteiger partial charge in [0, 0.05) is 0 Å². The molecule has 2 aliphatic carbocycles. The first kappa shape index (κ1) is 30.8. The summed E-state index contributed by atoms with van der Waals surface area (Å²) in [6.45, 7) is 16.4. The number of furan rings is 2. The van der Waals surface area contributed by atoms with Crippen LogP contribution in [0.25, 0.3) is 33.4 Å². The Hall–Kier alpha value is -1.18. The molecule has 0 aliphatic heterocycles. The van der Waals surface area contributed by atoms with Crippen molar-refractivity contribution >= 4 is 54.1 Å². The normalized spacial score (nSPS) is 16.4. The molecule has 3 nitrogen and oxygen atoms in total. The van der Waals surface area contributed by atoms with E-state index in [0.29, 0.717) is 11.8 Å². The third-order valence-electron chi connectivity index (χ3n) is 9.68. The van der Waals surface area contributed by atoms with Gasteiger partial charge in [0.15, 0.2) is 0 Å². The van der Waals surface area contributed by atoms with Crippen LogP contribution >= 0.6 is 0 Å². The van der Waals surface area contributed by atoms with E-state index in [4.69, 9.17) is 8.83 Å². The Morgan fingerprint density at radius 1 is 0.833 bits per heavy atom. The summed E-state index contributed by atoms with van der Waals surface area (Å²) >= 11 is -2.84. The predicted octanol–water partition coefficient (Wildman–Crippen LogP) is 9.37. The van der Waals surface area contributed by atoms with E-state index in [1.165, 1.54) is 52.7 Å². The summed E-state index contributed by atoms with van der Waals surface area (Å²) in [5.41, 5.74) is 8.53. The number of fused-ring (bicyclic) bond motifs is 7. The maximum atomic E-state index is 11.0. The fourth-order valence-corrected chi connectivity index (χ4v) is 12.8. The summed E-state index contributed by atoms with van der Waals surface area (Å²) in [5, 5.41) is 13.3. The zero-order chi connectivity index (χ0) is 30.4. The monoisotopic (exact) mass is 780 g/mol. The summed E-state index contributed by atoms with van der Waals surface area (Å²) in [4.78, 5) is 7.25. The summed E-state index contributed by atoms with van der Waals surface area (Å²) in [5.74, 6) is 4.44. The molecule has 4 aromatic rings. The van der Waals surface area contributed by atoms with Crippen molar-refractivity contribution in [1.29, 1.82) is 0 Å². The maximum absolute atomic E-state index is 11.0. The van der Waals surface area contributed by atoms with Gasteiger partial charge in [0.2, 0.25) is 0 Å². The molecule has 0 amide bonds. The molecule has 0 atom stereocenters. The van der Waals surface area contributed by atoms with Crippen molar-refractivity contribution in [3.05, 3.63) is 63.9 Å². The van der Waals surface area contributed by atoms with Gasteiger partial charge in [-0.15, -0.1) is 0 Å². The molecule has 0 fully saturated rings. The summed E-state index contributed by atoms with van der Waals surface area (Å²) < 4.78 is 17.2.